The Balaban J connectivity index is 2.47. The first-order valence-electron chi connectivity index (χ1n) is 4.37. The lowest BCUT2D eigenvalue weighted by atomic mass is 10.1. The molecule has 0 fully saturated rings. The van der Waals surface area contributed by atoms with Crippen LogP contribution in [0.1, 0.15) is 17.0 Å². The van der Waals surface area contributed by atoms with Crippen molar-refractivity contribution in [2.45, 2.75) is 19.9 Å². The normalized spacial score (nSPS) is 17.2. The number of aromatic nitrogens is 2. The molecule has 0 aromatic carbocycles. The minimum atomic E-state index is 0.376. The number of rotatable bonds is 0. The Labute approximate surface area is 82.8 Å². The van der Waals surface area contributed by atoms with Crippen LogP contribution in [0, 0.1) is 6.92 Å². The minimum absolute atomic E-state index is 0.376. The second kappa shape index (κ2) is 3.24. The van der Waals surface area contributed by atoms with Crippen molar-refractivity contribution in [3.63, 3.8) is 0 Å². The molecule has 3 nitrogen and oxygen atoms in total. The molecule has 0 unspecified atom stereocenters. The molecule has 0 aliphatic carbocycles. The summed E-state index contributed by atoms with van der Waals surface area (Å²) >= 11 is 5.78. The lowest BCUT2D eigenvalue weighted by Gasteiger charge is -2.24. The fraction of sp³-hybridized carbons (Fsp3) is 0.556. The minimum Gasteiger partial charge on any atom is -0.302 e. The smallest absolute Gasteiger partial charge is 0.222 e. The number of nitrogens with zero attached hydrogens (tertiary/aromatic N) is 3. The zero-order valence-electron chi connectivity index (χ0n) is 7.84. The van der Waals surface area contributed by atoms with Gasteiger partial charge < -0.3 is 4.90 Å². The molecule has 0 spiro atoms. The van der Waals surface area contributed by atoms with Crippen LogP contribution in [-0.2, 0) is 13.0 Å². The Morgan fingerprint density at radius 1 is 1.38 bits per heavy atom. The maximum absolute atomic E-state index is 5.78. The van der Waals surface area contributed by atoms with Crippen molar-refractivity contribution in [1.29, 1.82) is 0 Å². The summed E-state index contributed by atoms with van der Waals surface area (Å²) in [7, 11) is 2.11. The molecule has 13 heavy (non-hydrogen) atoms. The van der Waals surface area contributed by atoms with Gasteiger partial charge in [-0.3, -0.25) is 0 Å². The molecule has 1 aliphatic rings. The maximum Gasteiger partial charge on any atom is 0.222 e. The summed E-state index contributed by atoms with van der Waals surface area (Å²) in [5, 5.41) is 0.376. The zero-order valence-corrected chi connectivity index (χ0v) is 8.60. The maximum atomic E-state index is 5.78. The average Bonchev–Trinajstić information content (AvgIpc) is 2.06. The lowest BCUT2D eigenvalue weighted by Crippen LogP contribution is -2.28. The van der Waals surface area contributed by atoms with Crippen molar-refractivity contribution in [3.05, 3.63) is 22.2 Å². The van der Waals surface area contributed by atoms with Crippen LogP contribution in [0.25, 0.3) is 0 Å². The van der Waals surface area contributed by atoms with Crippen LogP contribution in [0.5, 0.6) is 0 Å². The Morgan fingerprint density at radius 2 is 2.15 bits per heavy atom. The molecule has 70 valence electrons. The molecule has 2 rings (SSSR count). The standard InChI is InChI=1S/C9H12ClN3/c1-6-7-5-13(2)4-3-8(7)12-9(10)11-6/h3-5H2,1-2H3. The Kier molecular flexibility index (Phi) is 2.22. The van der Waals surface area contributed by atoms with Gasteiger partial charge in [0.2, 0.25) is 5.28 Å². The molecular formula is C9H12ClN3. The quantitative estimate of drug-likeness (QED) is 0.590. The van der Waals surface area contributed by atoms with E-state index in [1.54, 1.807) is 0 Å². The summed E-state index contributed by atoms with van der Waals surface area (Å²) in [5.74, 6) is 0. The van der Waals surface area contributed by atoms with E-state index in [4.69, 9.17) is 11.6 Å². The van der Waals surface area contributed by atoms with Crippen LogP contribution in [0.15, 0.2) is 0 Å². The van der Waals surface area contributed by atoms with Gasteiger partial charge in [0.05, 0.1) is 5.69 Å². The van der Waals surface area contributed by atoms with Crippen molar-refractivity contribution in [3.8, 4) is 0 Å². The Morgan fingerprint density at radius 3 is 2.92 bits per heavy atom. The monoisotopic (exact) mass is 197 g/mol. The first-order chi connectivity index (χ1) is 6.16. The molecule has 2 heterocycles. The largest absolute Gasteiger partial charge is 0.302 e. The van der Waals surface area contributed by atoms with Gasteiger partial charge in [-0.05, 0) is 25.6 Å². The van der Waals surface area contributed by atoms with Gasteiger partial charge in [0.15, 0.2) is 0 Å². The summed E-state index contributed by atoms with van der Waals surface area (Å²) in [6, 6.07) is 0. The van der Waals surface area contributed by atoms with Gasteiger partial charge in [0.1, 0.15) is 0 Å². The van der Waals surface area contributed by atoms with E-state index in [2.05, 4.69) is 21.9 Å². The molecule has 0 saturated heterocycles. The average molecular weight is 198 g/mol. The highest BCUT2D eigenvalue weighted by Gasteiger charge is 2.17. The van der Waals surface area contributed by atoms with Crippen molar-refractivity contribution in [2.75, 3.05) is 13.6 Å². The summed E-state index contributed by atoms with van der Waals surface area (Å²) in [4.78, 5) is 10.7. The van der Waals surface area contributed by atoms with E-state index in [0.29, 0.717) is 5.28 Å². The molecule has 0 atom stereocenters. The van der Waals surface area contributed by atoms with E-state index in [1.807, 2.05) is 6.92 Å². The summed E-state index contributed by atoms with van der Waals surface area (Å²) in [6.07, 6.45) is 0.981. The van der Waals surface area contributed by atoms with Crippen LogP contribution in [0.3, 0.4) is 0 Å². The molecule has 0 bridgehead atoms. The van der Waals surface area contributed by atoms with Crippen LogP contribution in [0.4, 0.5) is 0 Å². The van der Waals surface area contributed by atoms with Crippen molar-refractivity contribution >= 4 is 11.6 Å². The van der Waals surface area contributed by atoms with Crippen molar-refractivity contribution in [1.82, 2.24) is 14.9 Å². The fourth-order valence-electron chi connectivity index (χ4n) is 1.68. The van der Waals surface area contributed by atoms with Crippen LogP contribution >= 0.6 is 11.6 Å². The van der Waals surface area contributed by atoms with Gasteiger partial charge in [-0.1, -0.05) is 0 Å². The summed E-state index contributed by atoms with van der Waals surface area (Å²) in [5.41, 5.74) is 3.38. The van der Waals surface area contributed by atoms with Gasteiger partial charge in [0.25, 0.3) is 0 Å². The predicted molar refractivity (Wildman–Crippen MR) is 51.8 cm³/mol. The van der Waals surface area contributed by atoms with Crippen LogP contribution < -0.4 is 0 Å². The van der Waals surface area contributed by atoms with Gasteiger partial charge in [0, 0.05) is 30.8 Å². The Bertz CT molecular complexity index is 338. The van der Waals surface area contributed by atoms with E-state index in [0.717, 1.165) is 30.9 Å². The molecule has 0 N–H and O–H groups in total. The molecule has 0 saturated carbocycles. The SMILES string of the molecule is Cc1nc(Cl)nc2c1CN(C)CC2. The number of fused-ring (bicyclic) bond motifs is 1. The molecular weight excluding hydrogens is 186 g/mol. The third-order valence-electron chi connectivity index (χ3n) is 2.43. The second-order valence-electron chi connectivity index (χ2n) is 3.49. The van der Waals surface area contributed by atoms with Gasteiger partial charge in [-0.25, -0.2) is 9.97 Å². The van der Waals surface area contributed by atoms with E-state index < -0.39 is 0 Å². The summed E-state index contributed by atoms with van der Waals surface area (Å²) in [6.45, 7) is 3.99. The van der Waals surface area contributed by atoms with Crippen LogP contribution in [0.2, 0.25) is 5.28 Å². The van der Waals surface area contributed by atoms with Gasteiger partial charge in [-0.15, -0.1) is 0 Å². The third kappa shape index (κ3) is 1.67. The molecule has 0 amide bonds. The highest BCUT2D eigenvalue weighted by Crippen LogP contribution is 2.19. The first kappa shape index (κ1) is 8.91. The third-order valence-corrected chi connectivity index (χ3v) is 2.60. The molecule has 1 aliphatic heterocycles. The number of hydrogen-bond donors (Lipinski definition) is 0. The van der Waals surface area contributed by atoms with Crippen LogP contribution in [-0.4, -0.2) is 28.5 Å². The first-order valence-corrected chi connectivity index (χ1v) is 4.75. The van der Waals surface area contributed by atoms with E-state index in [1.165, 1.54) is 5.56 Å². The highest BCUT2D eigenvalue weighted by atomic mass is 35.5. The van der Waals surface area contributed by atoms with Gasteiger partial charge in [-0.2, -0.15) is 0 Å². The van der Waals surface area contributed by atoms with E-state index >= 15 is 0 Å². The zero-order chi connectivity index (χ0) is 9.42. The number of halogens is 1. The number of aryl methyl sites for hydroxylation is 1. The second-order valence-corrected chi connectivity index (χ2v) is 3.83. The van der Waals surface area contributed by atoms with Crippen molar-refractivity contribution < 1.29 is 0 Å². The predicted octanol–water partition coefficient (Wildman–Crippen LogP) is 1.43. The summed E-state index contributed by atoms with van der Waals surface area (Å²) < 4.78 is 0. The molecule has 1 aromatic rings. The molecule has 4 heteroatoms. The topological polar surface area (TPSA) is 29.0 Å². The fourth-order valence-corrected chi connectivity index (χ4v) is 1.91. The van der Waals surface area contributed by atoms with Gasteiger partial charge >= 0.3 is 0 Å². The van der Waals surface area contributed by atoms with E-state index in [-0.39, 0.29) is 0 Å². The molecule has 1 aromatic heterocycles. The lowest BCUT2D eigenvalue weighted by molar-refractivity contribution is 0.308. The number of hydrogen-bond acceptors (Lipinski definition) is 3. The highest BCUT2D eigenvalue weighted by molar-refractivity contribution is 6.28. The number of likely N-dealkylation sites (N-methyl/N-ethyl adjacent to an activating group) is 1. The van der Waals surface area contributed by atoms with Crippen molar-refractivity contribution in [2.24, 2.45) is 0 Å². The molecule has 0 radical (unpaired) electrons. The Hall–Kier alpha value is -0.670. The van der Waals surface area contributed by atoms with E-state index in [9.17, 15) is 0 Å².